The molecule has 0 aromatic rings. The predicted octanol–water partition coefficient (Wildman–Crippen LogP) is 2.51. The molecule has 2 fully saturated rings. The summed E-state index contributed by atoms with van der Waals surface area (Å²) in [4.78, 5) is 25.1. The Hall–Kier alpha value is -1.52. The van der Waals surface area contributed by atoms with Gasteiger partial charge in [-0.05, 0) is 40.5 Å². The van der Waals surface area contributed by atoms with Gasteiger partial charge in [-0.2, -0.15) is 0 Å². The van der Waals surface area contributed by atoms with E-state index >= 15 is 0 Å². The molecule has 0 radical (unpaired) electrons. The monoisotopic (exact) mass is 281 g/mol. The molecular weight excluding hydrogens is 258 g/mol. The Labute approximate surface area is 119 Å². The Bertz CT molecular complexity index is 441. The summed E-state index contributed by atoms with van der Waals surface area (Å²) in [5, 5.41) is 0. The van der Waals surface area contributed by atoms with Gasteiger partial charge in [0.25, 0.3) is 0 Å². The van der Waals surface area contributed by atoms with Gasteiger partial charge in [0.15, 0.2) is 0 Å². The number of ether oxygens (including phenoxy) is 2. The van der Waals surface area contributed by atoms with E-state index in [9.17, 15) is 9.59 Å². The van der Waals surface area contributed by atoms with Gasteiger partial charge >= 0.3 is 12.1 Å². The van der Waals surface area contributed by atoms with Crippen LogP contribution < -0.4 is 0 Å². The van der Waals surface area contributed by atoms with E-state index < -0.39 is 5.60 Å². The largest absolute Gasteiger partial charge is 0.463 e. The third-order valence-electron chi connectivity index (χ3n) is 3.77. The molecule has 112 valence electrons. The second kappa shape index (κ2) is 5.11. The number of carbonyl (C=O) groups excluding carboxylic acids is 2. The van der Waals surface area contributed by atoms with Crippen LogP contribution in [0.4, 0.5) is 4.79 Å². The minimum absolute atomic E-state index is 0.00364. The van der Waals surface area contributed by atoms with Crippen LogP contribution in [0.25, 0.3) is 0 Å². The van der Waals surface area contributed by atoms with Crippen molar-refractivity contribution < 1.29 is 19.1 Å². The van der Waals surface area contributed by atoms with E-state index in [0.29, 0.717) is 19.7 Å². The average Bonchev–Trinajstić information content (AvgIpc) is 2.20. The van der Waals surface area contributed by atoms with Crippen LogP contribution in [0, 0.1) is 5.41 Å². The maximum atomic E-state index is 11.9. The molecule has 1 aliphatic carbocycles. The lowest BCUT2D eigenvalue weighted by molar-refractivity contribution is -0.137. The summed E-state index contributed by atoms with van der Waals surface area (Å²) in [6.07, 6.45) is 3.27. The fourth-order valence-corrected chi connectivity index (χ4v) is 2.68. The normalized spacial score (nSPS) is 22.2. The van der Waals surface area contributed by atoms with E-state index in [0.717, 1.165) is 18.4 Å². The van der Waals surface area contributed by atoms with Crippen LogP contribution in [-0.4, -0.2) is 42.3 Å². The van der Waals surface area contributed by atoms with Crippen molar-refractivity contribution in [2.45, 2.75) is 46.1 Å². The lowest BCUT2D eigenvalue weighted by Crippen LogP contribution is -2.63. The number of carbonyl (C=O) groups is 2. The molecule has 2 rings (SSSR count). The first-order valence-corrected chi connectivity index (χ1v) is 7.11. The van der Waals surface area contributed by atoms with E-state index in [1.54, 1.807) is 17.9 Å². The maximum Gasteiger partial charge on any atom is 0.410 e. The van der Waals surface area contributed by atoms with Crippen molar-refractivity contribution >= 4 is 12.1 Å². The maximum absolute atomic E-state index is 11.9. The molecule has 0 unspecified atom stereocenters. The summed E-state index contributed by atoms with van der Waals surface area (Å²) in [6, 6.07) is 0. The molecule has 0 aromatic heterocycles. The summed E-state index contributed by atoms with van der Waals surface area (Å²) < 4.78 is 10.3. The molecule has 1 heterocycles. The number of rotatable bonds is 2. The fourth-order valence-electron chi connectivity index (χ4n) is 2.68. The van der Waals surface area contributed by atoms with Gasteiger partial charge < -0.3 is 14.4 Å². The van der Waals surface area contributed by atoms with E-state index in [4.69, 9.17) is 9.47 Å². The van der Waals surface area contributed by atoms with Crippen LogP contribution in [0.1, 0.15) is 40.5 Å². The highest BCUT2D eigenvalue weighted by molar-refractivity contribution is 5.83. The molecule has 1 aliphatic heterocycles. The van der Waals surface area contributed by atoms with Gasteiger partial charge in [0.2, 0.25) is 0 Å². The first-order chi connectivity index (χ1) is 9.26. The molecule has 0 N–H and O–H groups in total. The summed E-state index contributed by atoms with van der Waals surface area (Å²) in [5.74, 6) is -0.280. The van der Waals surface area contributed by atoms with Crippen molar-refractivity contribution in [3.63, 3.8) is 0 Å². The Morgan fingerprint density at radius 2 is 2.00 bits per heavy atom. The highest BCUT2D eigenvalue weighted by atomic mass is 16.6. The zero-order chi connectivity index (χ0) is 15.0. The van der Waals surface area contributed by atoms with Crippen LogP contribution in [0.2, 0.25) is 0 Å². The first-order valence-electron chi connectivity index (χ1n) is 7.11. The zero-order valence-electron chi connectivity index (χ0n) is 12.7. The van der Waals surface area contributed by atoms with E-state index in [1.807, 2.05) is 20.8 Å². The van der Waals surface area contributed by atoms with E-state index in [1.165, 1.54) is 0 Å². The fraction of sp³-hybridized carbons (Fsp3) is 0.733. The van der Waals surface area contributed by atoms with Crippen LogP contribution in [0.15, 0.2) is 11.6 Å². The van der Waals surface area contributed by atoms with Gasteiger partial charge in [-0.25, -0.2) is 9.59 Å². The molecule has 1 spiro atoms. The van der Waals surface area contributed by atoms with Crippen LogP contribution in [0.3, 0.4) is 0 Å². The molecule has 1 saturated heterocycles. The summed E-state index contributed by atoms with van der Waals surface area (Å²) in [6.45, 7) is 9.04. The molecule has 1 amide bonds. The van der Waals surface area contributed by atoms with Gasteiger partial charge in [0.1, 0.15) is 5.60 Å². The standard InChI is InChI=1S/C15H23NO4/c1-5-19-12(17)8-11-6-7-15(11)9-16(10-15)13(18)20-14(2,3)4/h8H,5-7,9-10H2,1-4H3/b11-8+. The van der Waals surface area contributed by atoms with Gasteiger partial charge in [-0.3, -0.25) is 0 Å². The van der Waals surface area contributed by atoms with Crippen molar-refractivity contribution in [2.24, 2.45) is 5.41 Å². The van der Waals surface area contributed by atoms with Gasteiger partial charge in [-0.1, -0.05) is 5.57 Å². The summed E-state index contributed by atoms with van der Waals surface area (Å²) in [5.41, 5.74) is 0.642. The third-order valence-corrected chi connectivity index (χ3v) is 3.77. The van der Waals surface area contributed by atoms with E-state index in [2.05, 4.69) is 0 Å². The van der Waals surface area contributed by atoms with Crippen LogP contribution >= 0.6 is 0 Å². The highest BCUT2D eigenvalue weighted by Crippen LogP contribution is 2.52. The van der Waals surface area contributed by atoms with Crippen molar-refractivity contribution in [1.82, 2.24) is 4.90 Å². The molecule has 5 heteroatoms. The van der Waals surface area contributed by atoms with Crippen molar-refractivity contribution in [1.29, 1.82) is 0 Å². The molecular formula is C15H23NO4. The van der Waals surface area contributed by atoms with Gasteiger partial charge in [0, 0.05) is 24.6 Å². The number of likely N-dealkylation sites (tertiary alicyclic amines) is 1. The molecule has 1 saturated carbocycles. The van der Waals surface area contributed by atoms with Crippen molar-refractivity contribution in [2.75, 3.05) is 19.7 Å². The van der Waals surface area contributed by atoms with Crippen molar-refractivity contribution in [3.05, 3.63) is 11.6 Å². The Kier molecular flexibility index (Phi) is 3.80. The Morgan fingerprint density at radius 1 is 1.35 bits per heavy atom. The quantitative estimate of drug-likeness (QED) is 0.576. The molecule has 5 nitrogen and oxygen atoms in total. The summed E-state index contributed by atoms with van der Waals surface area (Å²) >= 11 is 0. The average molecular weight is 281 g/mol. The summed E-state index contributed by atoms with van der Waals surface area (Å²) in [7, 11) is 0. The highest BCUT2D eigenvalue weighted by Gasteiger charge is 2.53. The minimum Gasteiger partial charge on any atom is -0.463 e. The Morgan fingerprint density at radius 3 is 2.45 bits per heavy atom. The lowest BCUT2D eigenvalue weighted by atomic mass is 9.59. The second-order valence-corrected chi connectivity index (χ2v) is 6.54. The predicted molar refractivity (Wildman–Crippen MR) is 74.2 cm³/mol. The molecule has 0 atom stereocenters. The van der Waals surface area contributed by atoms with Crippen LogP contribution in [-0.2, 0) is 14.3 Å². The number of esters is 1. The second-order valence-electron chi connectivity index (χ2n) is 6.54. The molecule has 20 heavy (non-hydrogen) atoms. The van der Waals surface area contributed by atoms with Gasteiger partial charge in [0.05, 0.1) is 6.61 Å². The number of nitrogens with zero attached hydrogens (tertiary/aromatic N) is 1. The molecule has 2 aliphatic rings. The third kappa shape index (κ3) is 2.97. The van der Waals surface area contributed by atoms with Crippen molar-refractivity contribution in [3.8, 4) is 0 Å². The smallest absolute Gasteiger partial charge is 0.410 e. The zero-order valence-corrected chi connectivity index (χ0v) is 12.7. The first kappa shape index (κ1) is 14.9. The number of hydrogen-bond donors (Lipinski definition) is 0. The lowest BCUT2D eigenvalue weighted by Gasteiger charge is -2.57. The Balaban J connectivity index is 1.89. The SMILES string of the molecule is CCOC(=O)/C=C1\CCC12CN(C(=O)OC(C)(C)C)C2. The van der Waals surface area contributed by atoms with E-state index in [-0.39, 0.29) is 17.5 Å². The number of hydrogen-bond acceptors (Lipinski definition) is 4. The topological polar surface area (TPSA) is 55.8 Å². The molecule has 0 aromatic carbocycles. The molecule has 0 bridgehead atoms. The number of amides is 1. The van der Waals surface area contributed by atoms with Crippen LogP contribution in [0.5, 0.6) is 0 Å². The van der Waals surface area contributed by atoms with Gasteiger partial charge in [-0.15, -0.1) is 0 Å². The minimum atomic E-state index is -0.469.